The van der Waals surface area contributed by atoms with Gasteiger partial charge in [0.1, 0.15) is 5.69 Å². The first-order valence-corrected chi connectivity index (χ1v) is 8.30. The fourth-order valence-corrected chi connectivity index (χ4v) is 3.02. The number of likely N-dealkylation sites (N-methyl/N-ethyl adjacent to an activating group) is 1. The summed E-state index contributed by atoms with van der Waals surface area (Å²) in [5.41, 5.74) is 0.902. The third-order valence-electron chi connectivity index (χ3n) is 4.32. The zero-order valence-electron chi connectivity index (χ0n) is 14.8. The summed E-state index contributed by atoms with van der Waals surface area (Å²) < 4.78 is 0. The van der Waals surface area contributed by atoms with E-state index in [9.17, 15) is 14.9 Å². The van der Waals surface area contributed by atoms with Crippen LogP contribution in [-0.4, -0.2) is 55.0 Å². The van der Waals surface area contributed by atoms with Crippen molar-refractivity contribution in [3.63, 3.8) is 0 Å². The molecule has 1 amide bonds. The van der Waals surface area contributed by atoms with Crippen molar-refractivity contribution >= 4 is 17.3 Å². The normalized spacial score (nSPS) is 18.1. The van der Waals surface area contributed by atoms with Crippen LogP contribution in [0.5, 0.6) is 0 Å². The molecule has 1 N–H and O–H groups in total. The molecule has 0 bridgehead atoms. The number of rotatable bonds is 5. The van der Waals surface area contributed by atoms with Gasteiger partial charge in [-0.1, -0.05) is 0 Å². The third-order valence-corrected chi connectivity index (χ3v) is 4.32. The standard InChI is InChI=1S/C17H26N4O3/c1-12(2)18-17(22)13-7-8-15(16(10-13)21(23)24)20-9-5-6-14(11-20)19(3)4/h7-8,10,12,14H,5-6,9,11H2,1-4H3,(H,18,22). The molecule has 0 radical (unpaired) electrons. The Morgan fingerprint density at radius 3 is 2.71 bits per heavy atom. The average molecular weight is 334 g/mol. The number of nitrogens with one attached hydrogen (secondary N) is 1. The molecular formula is C17H26N4O3. The molecule has 132 valence electrons. The van der Waals surface area contributed by atoms with Gasteiger partial charge in [0.05, 0.1) is 4.92 Å². The molecule has 1 aliphatic rings. The lowest BCUT2D eigenvalue weighted by atomic mass is 10.0. The molecule has 7 nitrogen and oxygen atoms in total. The molecule has 1 saturated heterocycles. The SMILES string of the molecule is CC(C)NC(=O)c1ccc(N2CCCC(N(C)C)C2)c([N+](=O)[O-])c1. The number of hydrogen-bond donors (Lipinski definition) is 1. The molecule has 1 heterocycles. The molecule has 2 rings (SSSR count). The second kappa shape index (κ2) is 7.61. The van der Waals surface area contributed by atoms with Gasteiger partial charge in [0.2, 0.25) is 0 Å². The monoisotopic (exact) mass is 334 g/mol. The Labute approximate surface area is 142 Å². The number of hydrogen-bond acceptors (Lipinski definition) is 5. The van der Waals surface area contributed by atoms with Gasteiger partial charge in [-0.3, -0.25) is 14.9 Å². The zero-order chi connectivity index (χ0) is 17.9. The Bertz CT molecular complexity index is 616. The van der Waals surface area contributed by atoms with Gasteiger partial charge in [0.25, 0.3) is 11.6 Å². The predicted octanol–water partition coefficient (Wildman–Crippen LogP) is 2.26. The van der Waals surface area contributed by atoms with Crippen LogP contribution in [0.4, 0.5) is 11.4 Å². The minimum absolute atomic E-state index is 0.00851. The van der Waals surface area contributed by atoms with Crippen LogP contribution in [-0.2, 0) is 0 Å². The van der Waals surface area contributed by atoms with Gasteiger partial charge < -0.3 is 15.1 Å². The van der Waals surface area contributed by atoms with Crippen molar-refractivity contribution in [3.05, 3.63) is 33.9 Å². The zero-order valence-corrected chi connectivity index (χ0v) is 14.8. The molecular weight excluding hydrogens is 308 g/mol. The second-order valence-corrected chi connectivity index (χ2v) is 6.79. The number of anilines is 1. The number of carbonyl (C=O) groups is 1. The Morgan fingerprint density at radius 2 is 2.12 bits per heavy atom. The maximum absolute atomic E-state index is 12.1. The lowest BCUT2D eigenvalue weighted by Crippen LogP contribution is -2.45. The van der Waals surface area contributed by atoms with E-state index < -0.39 is 4.92 Å². The summed E-state index contributed by atoms with van der Waals surface area (Å²) in [5.74, 6) is -0.288. The first-order chi connectivity index (χ1) is 11.3. The van der Waals surface area contributed by atoms with E-state index in [0.29, 0.717) is 17.3 Å². The quantitative estimate of drug-likeness (QED) is 0.660. The summed E-state index contributed by atoms with van der Waals surface area (Å²) in [6.45, 7) is 5.26. The number of benzene rings is 1. The number of nitro benzene ring substituents is 1. The van der Waals surface area contributed by atoms with Crippen molar-refractivity contribution in [3.8, 4) is 0 Å². The number of piperidine rings is 1. The van der Waals surface area contributed by atoms with Gasteiger partial charge in [-0.25, -0.2) is 0 Å². The van der Waals surface area contributed by atoms with E-state index in [0.717, 1.165) is 25.9 Å². The number of nitrogens with zero attached hydrogens (tertiary/aromatic N) is 3. The number of nitro groups is 1. The number of amides is 1. The molecule has 7 heteroatoms. The smallest absolute Gasteiger partial charge is 0.293 e. The fraction of sp³-hybridized carbons (Fsp3) is 0.588. The summed E-state index contributed by atoms with van der Waals surface area (Å²) >= 11 is 0. The lowest BCUT2D eigenvalue weighted by molar-refractivity contribution is -0.384. The highest BCUT2D eigenvalue weighted by molar-refractivity contribution is 5.96. The molecule has 0 spiro atoms. The maximum Gasteiger partial charge on any atom is 0.293 e. The third kappa shape index (κ3) is 4.23. The van der Waals surface area contributed by atoms with Crippen LogP contribution in [0.2, 0.25) is 0 Å². The van der Waals surface area contributed by atoms with Crippen LogP contribution in [0.3, 0.4) is 0 Å². The highest BCUT2D eigenvalue weighted by Gasteiger charge is 2.27. The summed E-state index contributed by atoms with van der Waals surface area (Å²) in [6.07, 6.45) is 2.09. The molecule has 1 aliphatic heterocycles. The minimum atomic E-state index is -0.402. The summed E-state index contributed by atoms with van der Waals surface area (Å²) in [4.78, 5) is 27.4. The van der Waals surface area contributed by atoms with Gasteiger partial charge >= 0.3 is 0 Å². The van der Waals surface area contributed by atoms with E-state index in [1.807, 2.05) is 27.9 Å². The van der Waals surface area contributed by atoms with Crippen molar-refractivity contribution in [2.45, 2.75) is 38.8 Å². The van der Waals surface area contributed by atoms with Crippen molar-refractivity contribution in [1.82, 2.24) is 10.2 Å². The Hall–Kier alpha value is -2.15. The first-order valence-electron chi connectivity index (χ1n) is 8.30. The summed E-state index contributed by atoms with van der Waals surface area (Å²) in [7, 11) is 4.06. The van der Waals surface area contributed by atoms with Gasteiger partial charge in [0.15, 0.2) is 0 Å². The highest BCUT2D eigenvalue weighted by Crippen LogP contribution is 2.32. The summed E-state index contributed by atoms with van der Waals surface area (Å²) in [6, 6.07) is 5.11. The molecule has 1 unspecified atom stereocenters. The predicted molar refractivity (Wildman–Crippen MR) is 94.6 cm³/mol. The van der Waals surface area contributed by atoms with Crippen LogP contribution >= 0.6 is 0 Å². The molecule has 1 aromatic rings. The Kier molecular flexibility index (Phi) is 5.77. The largest absolute Gasteiger partial charge is 0.364 e. The topological polar surface area (TPSA) is 78.7 Å². The molecule has 1 atom stereocenters. The van der Waals surface area contributed by atoms with Gasteiger partial charge in [0, 0.05) is 36.8 Å². The molecule has 24 heavy (non-hydrogen) atoms. The van der Waals surface area contributed by atoms with Crippen LogP contribution in [0.25, 0.3) is 0 Å². The van der Waals surface area contributed by atoms with Crippen LogP contribution in [0.15, 0.2) is 18.2 Å². The average Bonchev–Trinajstić information content (AvgIpc) is 2.53. The molecule has 0 aliphatic carbocycles. The van der Waals surface area contributed by atoms with E-state index in [4.69, 9.17) is 0 Å². The molecule has 0 aromatic heterocycles. The van der Waals surface area contributed by atoms with Crippen molar-refractivity contribution < 1.29 is 9.72 Å². The van der Waals surface area contributed by atoms with E-state index >= 15 is 0 Å². The molecule has 1 fully saturated rings. The van der Waals surface area contributed by atoms with E-state index in [2.05, 4.69) is 15.1 Å². The minimum Gasteiger partial charge on any atom is -0.364 e. The Balaban J connectivity index is 2.30. The highest BCUT2D eigenvalue weighted by atomic mass is 16.6. The first kappa shape index (κ1) is 18.2. The fourth-order valence-electron chi connectivity index (χ4n) is 3.02. The van der Waals surface area contributed by atoms with E-state index in [1.54, 1.807) is 12.1 Å². The second-order valence-electron chi connectivity index (χ2n) is 6.79. The lowest BCUT2D eigenvalue weighted by Gasteiger charge is -2.37. The van der Waals surface area contributed by atoms with E-state index in [1.165, 1.54) is 6.07 Å². The van der Waals surface area contributed by atoms with Crippen molar-refractivity contribution in [2.75, 3.05) is 32.1 Å². The van der Waals surface area contributed by atoms with Crippen LogP contribution in [0, 0.1) is 10.1 Å². The van der Waals surface area contributed by atoms with Gasteiger partial charge in [-0.15, -0.1) is 0 Å². The van der Waals surface area contributed by atoms with Crippen LogP contribution in [0.1, 0.15) is 37.0 Å². The van der Waals surface area contributed by atoms with Gasteiger partial charge in [-0.05, 0) is 52.9 Å². The van der Waals surface area contributed by atoms with Crippen LogP contribution < -0.4 is 10.2 Å². The Morgan fingerprint density at radius 1 is 1.42 bits per heavy atom. The molecule has 1 aromatic carbocycles. The van der Waals surface area contributed by atoms with Crippen molar-refractivity contribution in [1.29, 1.82) is 0 Å². The maximum atomic E-state index is 12.1. The number of carbonyl (C=O) groups excluding carboxylic acids is 1. The van der Waals surface area contributed by atoms with Crippen molar-refractivity contribution in [2.24, 2.45) is 0 Å². The molecule has 0 saturated carbocycles. The summed E-state index contributed by atoms with van der Waals surface area (Å²) in [5, 5.41) is 14.3. The van der Waals surface area contributed by atoms with E-state index in [-0.39, 0.29) is 17.6 Å². The van der Waals surface area contributed by atoms with Gasteiger partial charge in [-0.2, -0.15) is 0 Å².